The van der Waals surface area contributed by atoms with Gasteiger partial charge in [-0.25, -0.2) is 0 Å². The van der Waals surface area contributed by atoms with Gasteiger partial charge in [0.2, 0.25) is 11.8 Å². The highest BCUT2D eigenvalue weighted by atomic mass is 79.9. The number of hydrogen-bond acceptors (Lipinski definition) is 6. The van der Waals surface area contributed by atoms with Crippen molar-refractivity contribution in [1.29, 1.82) is 0 Å². The number of aryl methyl sites for hydroxylation is 1. The van der Waals surface area contributed by atoms with Gasteiger partial charge in [0.15, 0.2) is 0 Å². The van der Waals surface area contributed by atoms with E-state index in [1.165, 1.54) is 4.90 Å². The van der Waals surface area contributed by atoms with Crippen molar-refractivity contribution < 1.29 is 24.3 Å². The Hall–Kier alpha value is -5.02. The fourth-order valence-electron chi connectivity index (χ4n) is 8.68. The van der Waals surface area contributed by atoms with Crippen LogP contribution in [0, 0.1) is 30.6 Å². The average Bonchev–Trinajstić information content (AvgIpc) is 3.48. The van der Waals surface area contributed by atoms with Crippen molar-refractivity contribution in [2.75, 3.05) is 10.3 Å². The fourth-order valence-corrected chi connectivity index (χ4v) is 9.06. The molecule has 0 bridgehead atoms. The van der Waals surface area contributed by atoms with Gasteiger partial charge in [-0.05, 0) is 73.7 Å². The van der Waals surface area contributed by atoms with Gasteiger partial charge in [-0.2, -0.15) is 5.01 Å². The van der Waals surface area contributed by atoms with E-state index in [1.807, 2.05) is 73.7 Å². The van der Waals surface area contributed by atoms with Crippen LogP contribution < -0.4 is 10.3 Å². The quantitative estimate of drug-likeness (QED) is 0.178. The van der Waals surface area contributed by atoms with Gasteiger partial charge in [0.1, 0.15) is 5.75 Å². The monoisotopic (exact) mass is 701 g/mol. The summed E-state index contributed by atoms with van der Waals surface area (Å²) < 4.78 is 0.695. The Bertz CT molecular complexity index is 2010. The van der Waals surface area contributed by atoms with Gasteiger partial charge in [0, 0.05) is 16.0 Å². The lowest BCUT2D eigenvalue weighted by Crippen LogP contribution is -2.53. The van der Waals surface area contributed by atoms with Crippen LogP contribution in [0.5, 0.6) is 5.75 Å². The number of fused-ring (bicyclic) bond motifs is 4. The molecule has 2 aliphatic heterocycles. The molecular weight excluding hydrogens is 670 g/mol. The number of anilines is 2. The minimum absolute atomic E-state index is 0.0224. The largest absolute Gasteiger partial charge is 0.508 e. The number of phenols is 1. The first-order chi connectivity index (χ1) is 23.2. The first-order valence-corrected chi connectivity index (χ1v) is 16.9. The van der Waals surface area contributed by atoms with E-state index in [4.69, 9.17) is 0 Å². The lowest BCUT2D eigenvalue weighted by Gasteiger charge is -2.50. The standard InChI is InChI=1S/C39H32BrN3O5/c1-22-12-15-25(16-13-22)41-43-36(46)31-21-29-27(17-18-28-33(29)37(47)42(35(28)45)26-10-6-3-7-11-26)34(30-20-24(40)14-19-32(30)44)39(31,38(43)48)23-8-4-2-5-9-23/h2-17,19-20,28-29,31,33-34,41,44H,18,21H2,1H3/t28-,29+,31-,33-,34+,39+/m0/s1. The summed E-state index contributed by atoms with van der Waals surface area (Å²) in [6.07, 6.45) is 2.48. The Morgan fingerprint density at radius 2 is 1.50 bits per heavy atom. The van der Waals surface area contributed by atoms with Crippen LogP contribution in [0.15, 0.2) is 119 Å². The molecule has 240 valence electrons. The van der Waals surface area contributed by atoms with Crippen LogP contribution in [0.1, 0.15) is 35.4 Å². The molecule has 4 aromatic rings. The maximum atomic E-state index is 15.2. The number of nitrogens with one attached hydrogen (secondary N) is 1. The van der Waals surface area contributed by atoms with Crippen LogP contribution in [0.3, 0.4) is 0 Å². The zero-order chi connectivity index (χ0) is 33.3. The van der Waals surface area contributed by atoms with E-state index >= 15 is 4.79 Å². The fraction of sp³-hybridized carbons (Fsp3) is 0.231. The highest BCUT2D eigenvalue weighted by Crippen LogP contribution is 2.65. The lowest BCUT2D eigenvalue weighted by atomic mass is 9.49. The second-order valence-electron chi connectivity index (χ2n) is 13.1. The van der Waals surface area contributed by atoms with Gasteiger partial charge in [-0.15, -0.1) is 0 Å². The molecule has 0 unspecified atom stereocenters. The second-order valence-corrected chi connectivity index (χ2v) is 14.1. The van der Waals surface area contributed by atoms with Crippen molar-refractivity contribution in [2.45, 2.75) is 31.1 Å². The van der Waals surface area contributed by atoms with E-state index in [0.717, 1.165) is 16.1 Å². The Kier molecular flexibility index (Phi) is 7.14. The SMILES string of the molecule is Cc1ccc(NN2C(=O)[C@@H]3C[C@@H]4C(=CC[C@@H]5C(=O)N(c6ccccc6)C(=O)[C@@H]54)[C@H](c4cc(Br)ccc4O)[C@]3(c3ccccc3)C2=O)cc1. The number of rotatable bonds is 5. The molecule has 0 radical (unpaired) electrons. The predicted octanol–water partition coefficient (Wildman–Crippen LogP) is 6.65. The molecule has 4 aromatic carbocycles. The number of hydrazine groups is 1. The number of carbonyl (C=O) groups is 4. The smallest absolute Gasteiger partial charge is 0.260 e. The number of allylic oxidation sites excluding steroid dienone is 2. The van der Waals surface area contributed by atoms with Crippen LogP contribution in [0.2, 0.25) is 0 Å². The number of benzene rings is 4. The summed E-state index contributed by atoms with van der Waals surface area (Å²) in [5, 5.41) is 12.6. The van der Waals surface area contributed by atoms with Crippen molar-refractivity contribution in [2.24, 2.45) is 23.7 Å². The van der Waals surface area contributed by atoms with E-state index in [9.17, 15) is 19.5 Å². The van der Waals surface area contributed by atoms with E-state index in [1.54, 1.807) is 42.5 Å². The van der Waals surface area contributed by atoms with Crippen molar-refractivity contribution in [1.82, 2.24) is 5.01 Å². The molecule has 1 saturated carbocycles. The van der Waals surface area contributed by atoms with E-state index in [0.29, 0.717) is 33.4 Å². The molecule has 9 heteroatoms. The highest BCUT2D eigenvalue weighted by Gasteiger charge is 2.70. The summed E-state index contributed by atoms with van der Waals surface area (Å²) in [5.41, 5.74) is 5.69. The second kappa shape index (κ2) is 11.3. The molecule has 3 fully saturated rings. The van der Waals surface area contributed by atoms with Crippen LogP contribution in [0.4, 0.5) is 11.4 Å². The minimum Gasteiger partial charge on any atom is -0.508 e. The number of carbonyl (C=O) groups excluding carboxylic acids is 4. The molecule has 6 atom stereocenters. The summed E-state index contributed by atoms with van der Waals surface area (Å²) in [6.45, 7) is 1.96. The third-order valence-corrected chi connectivity index (χ3v) is 11.2. The lowest BCUT2D eigenvalue weighted by molar-refractivity contribution is -0.138. The minimum atomic E-state index is -1.45. The van der Waals surface area contributed by atoms with Crippen LogP contribution in [-0.2, 0) is 24.6 Å². The topological polar surface area (TPSA) is 107 Å². The van der Waals surface area contributed by atoms with E-state index < -0.39 is 46.8 Å². The predicted molar refractivity (Wildman–Crippen MR) is 184 cm³/mol. The molecule has 2 aliphatic carbocycles. The molecule has 2 heterocycles. The summed E-state index contributed by atoms with van der Waals surface area (Å²) in [4.78, 5) is 59.4. The summed E-state index contributed by atoms with van der Waals surface area (Å²) in [7, 11) is 0. The summed E-state index contributed by atoms with van der Waals surface area (Å²) in [5.74, 6) is -4.97. The number of halogens is 1. The van der Waals surface area contributed by atoms with E-state index in [2.05, 4.69) is 21.4 Å². The molecule has 4 amide bonds. The highest BCUT2D eigenvalue weighted by molar-refractivity contribution is 9.10. The average molecular weight is 703 g/mol. The van der Waals surface area contributed by atoms with Gasteiger partial charge >= 0.3 is 0 Å². The third kappa shape index (κ3) is 4.33. The number of amides is 4. The maximum Gasteiger partial charge on any atom is 0.260 e. The van der Waals surface area contributed by atoms with Crippen LogP contribution in [-0.4, -0.2) is 33.7 Å². The normalized spacial score (nSPS) is 27.8. The number of para-hydroxylation sites is 1. The number of hydrogen-bond donors (Lipinski definition) is 2. The first kappa shape index (κ1) is 30.3. The molecule has 4 aliphatic rings. The molecule has 8 nitrogen and oxygen atoms in total. The summed E-state index contributed by atoms with van der Waals surface area (Å²) >= 11 is 3.57. The maximum absolute atomic E-state index is 15.2. The number of imide groups is 2. The number of phenolic OH excluding ortho intramolecular Hbond substituents is 1. The summed E-state index contributed by atoms with van der Waals surface area (Å²) in [6, 6.07) is 30.7. The molecule has 48 heavy (non-hydrogen) atoms. The van der Waals surface area contributed by atoms with Crippen LogP contribution >= 0.6 is 15.9 Å². The molecule has 0 spiro atoms. The van der Waals surface area contributed by atoms with Crippen LogP contribution in [0.25, 0.3) is 0 Å². The zero-order valence-corrected chi connectivity index (χ0v) is 27.6. The number of aromatic hydroxyl groups is 1. The van der Waals surface area contributed by atoms with Crippen molar-refractivity contribution in [3.8, 4) is 5.75 Å². The Labute approximate surface area is 286 Å². The van der Waals surface area contributed by atoms with Gasteiger partial charge in [-0.3, -0.25) is 29.5 Å². The van der Waals surface area contributed by atoms with Crippen molar-refractivity contribution in [3.63, 3.8) is 0 Å². The van der Waals surface area contributed by atoms with Gasteiger partial charge in [-0.1, -0.05) is 93.8 Å². The Balaban J connectivity index is 1.34. The molecule has 2 N–H and O–H groups in total. The van der Waals surface area contributed by atoms with Gasteiger partial charge in [0.05, 0.1) is 34.5 Å². The van der Waals surface area contributed by atoms with Gasteiger partial charge < -0.3 is 5.11 Å². The zero-order valence-electron chi connectivity index (χ0n) is 26.0. The number of nitrogens with zero attached hydrogens (tertiary/aromatic N) is 2. The molecule has 2 saturated heterocycles. The first-order valence-electron chi connectivity index (χ1n) is 16.1. The van der Waals surface area contributed by atoms with Crippen molar-refractivity contribution in [3.05, 3.63) is 136 Å². The molecule has 8 rings (SSSR count). The Morgan fingerprint density at radius 3 is 2.21 bits per heavy atom. The Morgan fingerprint density at radius 1 is 0.812 bits per heavy atom. The van der Waals surface area contributed by atoms with E-state index in [-0.39, 0.29) is 24.0 Å². The van der Waals surface area contributed by atoms with Gasteiger partial charge in [0.25, 0.3) is 11.8 Å². The molecule has 0 aromatic heterocycles. The molecular formula is C39H32BrN3O5. The van der Waals surface area contributed by atoms with Crippen molar-refractivity contribution >= 4 is 50.9 Å². The third-order valence-electron chi connectivity index (χ3n) is 10.7.